The molecule has 4 heterocycles. The number of nitrogens with one attached hydrogen (secondary N) is 1. The summed E-state index contributed by atoms with van der Waals surface area (Å²) < 4.78 is 1.72. The summed E-state index contributed by atoms with van der Waals surface area (Å²) in [5, 5.41) is 3.14. The minimum Gasteiger partial charge on any atom is -0.358 e. The average molecular weight is 518 g/mol. The van der Waals surface area contributed by atoms with Gasteiger partial charge in [0.25, 0.3) is 5.56 Å². The first-order valence-corrected chi connectivity index (χ1v) is 13.6. The molecule has 1 atom stereocenters. The van der Waals surface area contributed by atoms with Gasteiger partial charge in [-0.15, -0.1) is 11.8 Å². The Balaban J connectivity index is 1.56. The van der Waals surface area contributed by atoms with E-state index in [0.29, 0.717) is 28.7 Å². The molecule has 0 radical (unpaired) electrons. The molecule has 0 amide bonds. The Morgan fingerprint density at radius 3 is 2.49 bits per heavy atom. The average Bonchev–Trinajstić information content (AvgIpc) is 3.73. The smallest absolute Gasteiger partial charge is 0.295 e. The first-order valence-electron chi connectivity index (χ1n) is 12.7. The lowest BCUT2D eigenvalue weighted by molar-refractivity contribution is 0.406. The zero-order chi connectivity index (χ0) is 26.1. The number of thioether (sulfide) groups is 1. The number of aromatic nitrogens is 8. The van der Waals surface area contributed by atoms with E-state index >= 15 is 0 Å². The van der Waals surface area contributed by atoms with Gasteiger partial charge in [-0.25, -0.2) is 34.9 Å². The Hall–Kier alpha value is -3.47. The highest BCUT2D eigenvalue weighted by Gasteiger charge is 2.30. The summed E-state index contributed by atoms with van der Waals surface area (Å²) in [4.78, 5) is 46.6. The van der Waals surface area contributed by atoms with E-state index in [-0.39, 0.29) is 29.9 Å². The molecule has 11 heteroatoms. The van der Waals surface area contributed by atoms with Crippen molar-refractivity contribution in [2.45, 2.75) is 70.9 Å². The van der Waals surface area contributed by atoms with Crippen LogP contribution in [0, 0.1) is 12.8 Å². The van der Waals surface area contributed by atoms with Crippen LogP contribution in [0.5, 0.6) is 0 Å². The maximum Gasteiger partial charge on any atom is 0.295 e. The van der Waals surface area contributed by atoms with Crippen molar-refractivity contribution in [2.24, 2.45) is 5.92 Å². The molecule has 1 aliphatic rings. The summed E-state index contributed by atoms with van der Waals surface area (Å²) in [5.74, 6) is 2.91. The van der Waals surface area contributed by atoms with Crippen LogP contribution in [0.25, 0.3) is 22.6 Å². The molecule has 10 nitrogen and oxygen atoms in total. The molecule has 5 rings (SSSR count). The minimum atomic E-state index is -0.236. The number of hydrogen-bond donors (Lipinski definition) is 1. The van der Waals surface area contributed by atoms with Gasteiger partial charge in [0.1, 0.15) is 17.7 Å². The molecule has 1 saturated carbocycles. The lowest BCUT2D eigenvalue weighted by atomic mass is 10.1. The number of nitrogens with zero attached hydrogens (tertiary/aromatic N) is 8. The quantitative estimate of drug-likeness (QED) is 0.316. The summed E-state index contributed by atoms with van der Waals surface area (Å²) in [5.41, 5.74) is 3.47. The molecule has 4 aromatic rings. The van der Waals surface area contributed by atoms with Gasteiger partial charge in [-0.3, -0.25) is 9.36 Å². The van der Waals surface area contributed by atoms with E-state index in [1.54, 1.807) is 41.2 Å². The Morgan fingerprint density at radius 1 is 1.05 bits per heavy atom. The van der Waals surface area contributed by atoms with Gasteiger partial charge in [-0.2, -0.15) is 0 Å². The van der Waals surface area contributed by atoms with Gasteiger partial charge in [-0.1, -0.05) is 20.8 Å². The molecule has 192 valence electrons. The third kappa shape index (κ3) is 5.18. The summed E-state index contributed by atoms with van der Waals surface area (Å²) >= 11 is 1.68. The van der Waals surface area contributed by atoms with Gasteiger partial charge < -0.3 is 5.32 Å². The van der Waals surface area contributed by atoms with Crippen molar-refractivity contribution in [3.8, 4) is 11.4 Å². The summed E-state index contributed by atoms with van der Waals surface area (Å²) in [6, 6.07) is -0.112. The molecule has 0 spiro atoms. The van der Waals surface area contributed by atoms with Crippen molar-refractivity contribution in [3.63, 3.8) is 0 Å². The van der Waals surface area contributed by atoms with Crippen LogP contribution in [0.2, 0.25) is 0 Å². The number of aryl methyl sites for hydroxylation is 1. The van der Waals surface area contributed by atoms with Crippen molar-refractivity contribution in [2.75, 3.05) is 11.1 Å². The molecule has 1 fully saturated rings. The number of fused-ring (bicyclic) bond motifs is 1. The fourth-order valence-corrected chi connectivity index (χ4v) is 4.77. The van der Waals surface area contributed by atoms with E-state index in [9.17, 15) is 4.79 Å². The zero-order valence-electron chi connectivity index (χ0n) is 21.8. The van der Waals surface area contributed by atoms with Crippen LogP contribution in [0.3, 0.4) is 0 Å². The van der Waals surface area contributed by atoms with Crippen LogP contribution in [0.1, 0.15) is 69.7 Å². The minimum absolute atomic E-state index is 0.112. The molecule has 0 bridgehead atoms. The largest absolute Gasteiger partial charge is 0.358 e. The lowest BCUT2D eigenvalue weighted by Crippen LogP contribution is -2.30. The van der Waals surface area contributed by atoms with E-state index in [1.807, 2.05) is 13.8 Å². The number of anilines is 1. The molecule has 0 saturated heterocycles. The fourth-order valence-electron chi connectivity index (χ4n) is 4.19. The van der Waals surface area contributed by atoms with Gasteiger partial charge >= 0.3 is 0 Å². The first kappa shape index (κ1) is 25.2. The van der Waals surface area contributed by atoms with Crippen LogP contribution in [0.4, 0.5) is 5.82 Å². The monoisotopic (exact) mass is 517 g/mol. The van der Waals surface area contributed by atoms with E-state index in [4.69, 9.17) is 4.98 Å². The molecule has 1 N–H and O–H groups in total. The zero-order valence-corrected chi connectivity index (χ0v) is 22.6. The van der Waals surface area contributed by atoms with Gasteiger partial charge in [0.2, 0.25) is 0 Å². The van der Waals surface area contributed by atoms with Crippen molar-refractivity contribution in [1.29, 1.82) is 0 Å². The number of rotatable bonds is 9. The molecular weight excluding hydrogens is 486 g/mol. The van der Waals surface area contributed by atoms with E-state index in [0.717, 1.165) is 40.4 Å². The fraction of sp³-hybridized carbons (Fsp3) is 0.462. The maximum absolute atomic E-state index is 13.7. The highest BCUT2D eigenvalue weighted by molar-refractivity contribution is 7.99. The topological polar surface area (TPSA) is 124 Å². The van der Waals surface area contributed by atoms with Crippen molar-refractivity contribution in [1.82, 2.24) is 39.5 Å². The first-order chi connectivity index (χ1) is 17.9. The molecule has 1 aliphatic carbocycles. The highest BCUT2D eigenvalue weighted by atomic mass is 32.2. The van der Waals surface area contributed by atoms with E-state index in [1.165, 1.54) is 0 Å². The molecule has 4 aromatic heterocycles. The molecule has 0 unspecified atom stereocenters. The molecule has 0 aromatic carbocycles. The molecule has 37 heavy (non-hydrogen) atoms. The third-order valence-electron chi connectivity index (χ3n) is 6.66. The second kappa shape index (κ2) is 10.5. The van der Waals surface area contributed by atoms with Crippen LogP contribution in [-0.2, 0) is 6.54 Å². The normalized spacial score (nSPS) is 14.3. The summed E-state index contributed by atoms with van der Waals surface area (Å²) in [6.45, 7) is 10.5. The van der Waals surface area contributed by atoms with Crippen molar-refractivity contribution in [3.05, 3.63) is 52.5 Å². The van der Waals surface area contributed by atoms with Crippen molar-refractivity contribution >= 4 is 28.7 Å². The highest BCUT2D eigenvalue weighted by Crippen LogP contribution is 2.43. The SMILES string of the molecule is CCSc1cnc(CNc2nc3cnc(-c4c(C)ncnc4C4CC4)nc3n([C@@H](C)C(C)C)c2=O)nc1. The summed E-state index contributed by atoms with van der Waals surface area (Å²) in [6.07, 6.45) is 9.09. The van der Waals surface area contributed by atoms with Gasteiger partial charge in [-0.05, 0) is 38.4 Å². The van der Waals surface area contributed by atoms with Crippen LogP contribution < -0.4 is 10.9 Å². The number of hydrogen-bond acceptors (Lipinski definition) is 10. The van der Waals surface area contributed by atoms with Crippen LogP contribution in [0.15, 0.2) is 34.6 Å². The predicted molar refractivity (Wildman–Crippen MR) is 145 cm³/mol. The van der Waals surface area contributed by atoms with Gasteiger partial charge in [0, 0.05) is 29.2 Å². The summed E-state index contributed by atoms with van der Waals surface area (Å²) in [7, 11) is 0. The third-order valence-corrected chi connectivity index (χ3v) is 7.50. The second-order valence-corrected chi connectivity index (χ2v) is 11.0. The van der Waals surface area contributed by atoms with Gasteiger partial charge in [0.05, 0.1) is 29.7 Å². The molecular formula is C26H31N9OS. The Labute approximate surface area is 219 Å². The van der Waals surface area contributed by atoms with Crippen LogP contribution >= 0.6 is 11.8 Å². The maximum atomic E-state index is 13.7. The predicted octanol–water partition coefficient (Wildman–Crippen LogP) is 4.56. The van der Waals surface area contributed by atoms with Crippen LogP contribution in [-0.4, -0.2) is 45.2 Å². The Morgan fingerprint density at radius 2 is 1.81 bits per heavy atom. The standard InChI is InChI=1S/C26H31N9OS/c1-6-37-18-9-27-20(28-10-18)12-30-24-26(36)35(16(5)14(2)3)25-19(33-24)11-29-23(34-25)21-15(4)31-13-32-22(21)17-7-8-17/h9-11,13-14,16-17H,6-8,12H2,1-5H3,(H,30,33)/t16-/m0/s1. The Kier molecular flexibility index (Phi) is 7.14. The lowest BCUT2D eigenvalue weighted by Gasteiger charge is -2.21. The van der Waals surface area contributed by atoms with Crippen molar-refractivity contribution < 1.29 is 0 Å². The second-order valence-electron chi connectivity index (χ2n) is 9.64. The molecule has 0 aliphatic heterocycles. The van der Waals surface area contributed by atoms with Gasteiger partial charge in [0.15, 0.2) is 17.3 Å². The van der Waals surface area contributed by atoms with E-state index in [2.05, 4.69) is 56.0 Å². The Bertz CT molecular complexity index is 1480. The van der Waals surface area contributed by atoms with E-state index < -0.39 is 0 Å².